The summed E-state index contributed by atoms with van der Waals surface area (Å²) in [6.07, 6.45) is 2.81. The third-order valence-corrected chi connectivity index (χ3v) is 6.14. The smallest absolute Gasteiger partial charge is 0.225 e. The summed E-state index contributed by atoms with van der Waals surface area (Å²) in [6, 6.07) is 14.0. The van der Waals surface area contributed by atoms with Gasteiger partial charge < -0.3 is 19.7 Å². The van der Waals surface area contributed by atoms with Crippen molar-refractivity contribution < 1.29 is 19.1 Å². The fourth-order valence-corrected chi connectivity index (χ4v) is 4.45. The van der Waals surface area contributed by atoms with E-state index in [2.05, 4.69) is 17.4 Å². The Morgan fingerprint density at radius 3 is 2.60 bits per heavy atom. The molecule has 2 aromatic rings. The molecule has 4 rings (SSSR count). The normalized spacial score (nSPS) is 20.2. The zero-order chi connectivity index (χ0) is 21.1. The Hall–Kier alpha value is -3.02. The summed E-state index contributed by atoms with van der Waals surface area (Å²) >= 11 is 0. The van der Waals surface area contributed by atoms with E-state index in [1.807, 2.05) is 35.2 Å². The van der Waals surface area contributed by atoms with Crippen LogP contribution in [-0.2, 0) is 22.4 Å². The number of fused-ring (bicyclic) bond motifs is 1. The molecule has 1 N–H and O–H groups in total. The highest BCUT2D eigenvalue weighted by atomic mass is 16.5. The average Bonchev–Trinajstić information content (AvgIpc) is 3.34. The summed E-state index contributed by atoms with van der Waals surface area (Å²) < 4.78 is 10.8. The molecular weight excluding hydrogens is 380 g/mol. The molecule has 2 amide bonds. The minimum atomic E-state index is -0.294. The SMILES string of the molecule is COc1cc2c(cc1OC)[C@H](NC(=O)[C@@H]1CC(=O)N(CCc3ccccc3)C1)CC2. The van der Waals surface area contributed by atoms with Crippen LogP contribution in [0.25, 0.3) is 0 Å². The Balaban J connectivity index is 1.37. The number of nitrogens with zero attached hydrogens (tertiary/aromatic N) is 1. The molecule has 158 valence electrons. The number of hydrogen-bond donors (Lipinski definition) is 1. The Morgan fingerprint density at radius 2 is 1.87 bits per heavy atom. The summed E-state index contributed by atoms with van der Waals surface area (Å²) in [5.41, 5.74) is 3.45. The maximum atomic E-state index is 12.9. The summed E-state index contributed by atoms with van der Waals surface area (Å²) in [6.45, 7) is 1.14. The highest BCUT2D eigenvalue weighted by molar-refractivity contribution is 5.89. The number of aryl methyl sites for hydroxylation is 1. The first kappa shape index (κ1) is 20.3. The molecule has 1 aliphatic carbocycles. The van der Waals surface area contributed by atoms with Crippen LogP contribution in [0, 0.1) is 5.92 Å². The number of hydrogen-bond acceptors (Lipinski definition) is 4. The van der Waals surface area contributed by atoms with Crippen LogP contribution in [0.3, 0.4) is 0 Å². The number of ether oxygens (including phenoxy) is 2. The first-order valence-corrected chi connectivity index (χ1v) is 10.5. The third-order valence-electron chi connectivity index (χ3n) is 6.14. The van der Waals surface area contributed by atoms with Gasteiger partial charge in [-0.25, -0.2) is 0 Å². The van der Waals surface area contributed by atoms with Crippen LogP contribution in [0.15, 0.2) is 42.5 Å². The van der Waals surface area contributed by atoms with Gasteiger partial charge in [0.15, 0.2) is 11.5 Å². The Bertz CT molecular complexity index is 928. The molecule has 1 fully saturated rings. The van der Waals surface area contributed by atoms with Crippen LogP contribution in [0.1, 0.15) is 35.6 Å². The second-order valence-corrected chi connectivity index (χ2v) is 7.98. The topological polar surface area (TPSA) is 67.9 Å². The molecule has 0 radical (unpaired) electrons. The maximum Gasteiger partial charge on any atom is 0.225 e. The summed E-state index contributed by atoms with van der Waals surface area (Å²) in [5, 5.41) is 3.17. The minimum Gasteiger partial charge on any atom is -0.493 e. The lowest BCUT2D eigenvalue weighted by molar-refractivity contribution is -0.129. The van der Waals surface area contributed by atoms with E-state index in [-0.39, 0.29) is 30.2 Å². The summed E-state index contributed by atoms with van der Waals surface area (Å²) in [4.78, 5) is 27.1. The molecule has 0 spiro atoms. The van der Waals surface area contributed by atoms with Crippen LogP contribution in [0.4, 0.5) is 0 Å². The van der Waals surface area contributed by atoms with Gasteiger partial charge in [-0.15, -0.1) is 0 Å². The lowest BCUT2D eigenvalue weighted by Crippen LogP contribution is -2.35. The standard InChI is InChI=1S/C24H28N2O4/c1-29-21-12-17-8-9-20(19(17)14-22(21)30-2)25-24(28)18-13-23(27)26(15-18)11-10-16-6-4-3-5-7-16/h3-7,12,14,18,20H,8-11,13,15H2,1-2H3,(H,25,28)/t18-,20-/m1/s1. The first-order chi connectivity index (χ1) is 14.6. The predicted molar refractivity (Wildman–Crippen MR) is 114 cm³/mol. The molecule has 0 aromatic heterocycles. The van der Waals surface area contributed by atoms with Crippen molar-refractivity contribution in [2.24, 2.45) is 5.92 Å². The van der Waals surface area contributed by atoms with Gasteiger partial charge in [-0.2, -0.15) is 0 Å². The number of rotatable bonds is 7. The van der Waals surface area contributed by atoms with E-state index in [9.17, 15) is 9.59 Å². The van der Waals surface area contributed by atoms with Crippen molar-refractivity contribution in [2.45, 2.75) is 31.7 Å². The number of methoxy groups -OCH3 is 2. The molecule has 6 nitrogen and oxygen atoms in total. The molecule has 0 saturated carbocycles. The summed E-state index contributed by atoms with van der Waals surface area (Å²) in [7, 11) is 3.24. The summed E-state index contributed by atoms with van der Waals surface area (Å²) in [5.74, 6) is 1.10. The lowest BCUT2D eigenvalue weighted by Gasteiger charge is -2.19. The van der Waals surface area contributed by atoms with Crippen molar-refractivity contribution in [3.8, 4) is 11.5 Å². The van der Waals surface area contributed by atoms with Gasteiger partial charge in [-0.1, -0.05) is 30.3 Å². The Morgan fingerprint density at radius 1 is 1.13 bits per heavy atom. The molecule has 1 aliphatic heterocycles. The van der Waals surface area contributed by atoms with Crippen LogP contribution in [-0.4, -0.2) is 44.0 Å². The van der Waals surface area contributed by atoms with E-state index < -0.39 is 0 Å². The Labute approximate surface area is 177 Å². The van der Waals surface area contributed by atoms with E-state index >= 15 is 0 Å². The van der Waals surface area contributed by atoms with Crippen molar-refractivity contribution in [3.63, 3.8) is 0 Å². The van der Waals surface area contributed by atoms with Gasteiger partial charge in [0.05, 0.1) is 26.2 Å². The number of nitrogens with one attached hydrogen (secondary N) is 1. The van der Waals surface area contributed by atoms with E-state index in [0.717, 1.165) is 24.8 Å². The molecule has 0 bridgehead atoms. The van der Waals surface area contributed by atoms with Crippen LogP contribution >= 0.6 is 0 Å². The van der Waals surface area contributed by atoms with Gasteiger partial charge in [0.2, 0.25) is 11.8 Å². The monoisotopic (exact) mass is 408 g/mol. The van der Waals surface area contributed by atoms with E-state index in [1.165, 1.54) is 11.1 Å². The number of likely N-dealkylation sites (tertiary alicyclic amines) is 1. The van der Waals surface area contributed by atoms with Gasteiger partial charge in [-0.05, 0) is 48.1 Å². The number of carbonyl (C=O) groups is 2. The second-order valence-electron chi connectivity index (χ2n) is 7.98. The molecule has 30 heavy (non-hydrogen) atoms. The van der Waals surface area contributed by atoms with Gasteiger partial charge in [-0.3, -0.25) is 9.59 Å². The van der Waals surface area contributed by atoms with Crippen LogP contribution in [0.2, 0.25) is 0 Å². The Kier molecular flexibility index (Phi) is 5.93. The molecule has 1 saturated heterocycles. The van der Waals surface area contributed by atoms with Gasteiger partial charge in [0, 0.05) is 19.5 Å². The molecule has 2 atom stereocenters. The number of amides is 2. The number of benzene rings is 2. The predicted octanol–water partition coefficient (Wildman–Crippen LogP) is 2.90. The van der Waals surface area contributed by atoms with Crippen LogP contribution < -0.4 is 14.8 Å². The third kappa shape index (κ3) is 4.13. The molecule has 2 aromatic carbocycles. The highest BCUT2D eigenvalue weighted by Crippen LogP contribution is 2.39. The van der Waals surface area contributed by atoms with E-state index in [0.29, 0.717) is 24.6 Å². The second kappa shape index (κ2) is 8.78. The average molecular weight is 408 g/mol. The zero-order valence-electron chi connectivity index (χ0n) is 17.5. The zero-order valence-corrected chi connectivity index (χ0v) is 17.5. The van der Waals surface area contributed by atoms with Crippen molar-refractivity contribution in [3.05, 3.63) is 59.2 Å². The van der Waals surface area contributed by atoms with Crippen molar-refractivity contribution in [2.75, 3.05) is 27.3 Å². The minimum absolute atomic E-state index is 0.0433. The van der Waals surface area contributed by atoms with E-state index in [1.54, 1.807) is 14.2 Å². The lowest BCUT2D eigenvalue weighted by atomic mass is 10.0. The molecule has 1 heterocycles. The fourth-order valence-electron chi connectivity index (χ4n) is 4.45. The largest absolute Gasteiger partial charge is 0.493 e. The van der Waals surface area contributed by atoms with E-state index in [4.69, 9.17) is 9.47 Å². The van der Waals surface area contributed by atoms with Crippen molar-refractivity contribution in [1.82, 2.24) is 10.2 Å². The first-order valence-electron chi connectivity index (χ1n) is 10.5. The van der Waals surface area contributed by atoms with Crippen molar-refractivity contribution in [1.29, 1.82) is 0 Å². The van der Waals surface area contributed by atoms with Crippen molar-refractivity contribution >= 4 is 11.8 Å². The quantitative estimate of drug-likeness (QED) is 0.765. The maximum absolute atomic E-state index is 12.9. The molecular formula is C24H28N2O4. The van der Waals surface area contributed by atoms with Crippen LogP contribution in [0.5, 0.6) is 11.5 Å². The van der Waals surface area contributed by atoms with Gasteiger partial charge in [0.1, 0.15) is 0 Å². The fraction of sp³-hybridized carbons (Fsp3) is 0.417. The number of carbonyl (C=O) groups excluding carboxylic acids is 2. The molecule has 2 aliphatic rings. The highest BCUT2D eigenvalue weighted by Gasteiger charge is 2.36. The molecule has 0 unspecified atom stereocenters. The van der Waals surface area contributed by atoms with Gasteiger partial charge >= 0.3 is 0 Å². The van der Waals surface area contributed by atoms with Gasteiger partial charge in [0.25, 0.3) is 0 Å². The molecule has 6 heteroatoms.